The third-order valence-corrected chi connectivity index (χ3v) is 4.17. The molecule has 2 fully saturated rings. The van der Waals surface area contributed by atoms with Crippen molar-refractivity contribution < 1.29 is 4.79 Å². The van der Waals surface area contributed by atoms with Gasteiger partial charge < -0.3 is 5.32 Å². The number of amides is 1. The maximum absolute atomic E-state index is 11.9. The van der Waals surface area contributed by atoms with Crippen LogP contribution in [0.2, 0.25) is 0 Å². The van der Waals surface area contributed by atoms with E-state index in [1.165, 1.54) is 12.0 Å². The second-order valence-corrected chi connectivity index (χ2v) is 5.45. The number of hydrogen-bond acceptors (Lipinski definition) is 1. The summed E-state index contributed by atoms with van der Waals surface area (Å²) in [6.45, 7) is 0.772. The van der Waals surface area contributed by atoms with Gasteiger partial charge in [0.05, 0.1) is 0 Å². The molecule has 0 radical (unpaired) electrons. The fraction of sp³-hybridized carbons (Fsp3) is 0.533. The van der Waals surface area contributed by atoms with E-state index in [-0.39, 0.29) is 5.91 Å². The van der Waals surface area contributed by atoms with Gasteiger partial charge >= 0.3 is 0 Å². The first-order valence-corrected chi connectivity index (χ1v) is 6.64. The first kappa shape index (κ1) is 10.8. The van der Waals surface area contributed by atoms with Gasteiger partial charge in [-0.25, -0.2) is 0 Å². The minimum atomic E-state index is 0.285. The highest BCUT2D eigenvalue weighted by Gasteiger charge is 2.47. The molecule has 2 aliphatic carbocycles. The summed E-state index contributed by atoms with van der Waals surface area (Å²) in [7, 11) is 0. The summed E-state index contributed by atoms with van der Waals surface area (Å²) < 4.78 is 0. The van der Waals surface area contributed by atoms with Gasteiger partial charge in [0.2, 0.25) is 5.91 Å². The van der Waals surface area contributed by atoms with Crippen molar-refractivity contribution in [1.82, 2.24) is 5.32 Å². The molecule has 0 aromatic heterocycles. The minimum Gasteiger partial charge on any atom is -0.356 e. The van der Waals surface area contributed by atoms with Crippen molar-refractivity contribution in [2.24, 2.45) is 17.8 Å². The molecule has 17 heavy (non-hydrogen) atoms. The quantitative estimate of drug-likeness (QED) is 0.844. The lowest BCUT2D eigenvalue weighted by Gasteiger charge is -2.12. The molecule has 2 atom stereocenters. The van der Waals surface area contributed by atoms with Gasteiger partial charge in [0, 0.05) is 12.5 Å². The lowest BCUT2D eigenvalue weighted by molar-refractivity contribution is -0.125. The Balaban J connectivity index is 1.41. The molecule has 1 aromatic carbocycles. The molecule has 2 nitrogen and oxygen atoms in total. The van der Waals surface area contributed by atoms with E-state index in [9.17, 15) is 4.79 Å². The van der Waals surface area contributed by atoms with E-state index in [1.807, 2.05) is 18.2 Å². The van der Waals surface area contributed by atoms with Crippen molar-refractivity contribution >= 4 is 5.91 Å². The molecule has 0 saturated heterocycles. The summed E-state index contributed by atoms with van der Waals surface area (Å²) in [4.78, 5) is 11.9. The summed E-state index contributed by atoms with van der Waals surface area (Å²) in [5.41, 5.74) is 1.29. The molecule has 90 valence electrons. The molecule has 2 heteroatoms. The zero-order valence-electron chi connectivity index (χ0n) is 10.1. The Kier molecular flexibility index (Phi) is 2.87. The van der Waals surface area contributed by atoms with E-state index in [4.69, 9.17) is 0 Å². The first-order chi connectivity index (χ1) is 8.33. The number of fused-ring (bicyclic) bond motifs is 1. The highest BCUT2D eigenvalue weighted by atomic mass is 16.1. The summed E-state index contributed by atoms with van der Waals surface area (Å²) in [5, 5.41) is 3.08. The van der Waals surface area contributed by atoms with Gasteiger partial charge in [0.25, 0.3) is 0 Å². The van der Waals surface area contributed by atoms with Crippen LogP contribution in [0.25, 0.3) is 0 Å². The van der Waals surface area contributed by atoms with E-state index >= 15 is 0 Å². The SMILES string of the molecule is O=C(NCCc1ccccc1)C1CC2CC2C1. The molecule has 0 bridgehead atoms. The van der Waals surface area contributed by atoms with E-state index in [0.717, 1.165) is 37.6 Å². The second kappa shape index (κ2) is 4.52. The summed E-state index contributed by atoms with van der Waals surface area (Å²) in [6.07, 6.45) is 4.60. The molecule has 0 aliphatic heterocycles. The predicted octanol–water partition coefficient (Wildman–Crippen LogP) is 2.39. The summed E-state index contributed by atoms with van der Waals surface area (Å²) in [5.74, 6) is 2.38. The fourth-order valence-electron chi connectivity index (χ4n) is 3.05. The molecule has 2 saturated carbocycles. The lowest BCUT2D eigenvalue weighted by atomic mass is 10.0. The Labute approximate surface area is 102 Å². The average molecular weight is 229 g/mol. The third-order valence-electron chi connectivity index (χ3n) is 4.17. The maximum Gasteiger partial charge on any atom is 0.223 e. The molecule has 1 aromatic rings. The standard InChI is InChI=1S/C15H19NO/c17-15(14-9-12-8-13(12)10-14)16-7-6-11-4-2-1-3-5-11/h1-5,12-14H,6-10H2,(H,16,17). The van der Waals surface area contributed by atoms with Crippen LogP contribution < -0.4 is 5.32 Å². The fourth-order valence-corrected chi connectivity index (χ4v) is 3.05. The number of rotatable bonds is 4. The van der Waals surface area contributed by atoms with Crippen LogP contribution in [-0.2, 0) is 11.2 Å². The summed E-state index contributed by atoms with van der Waals surface area (Å²) >= 11 is 0. The lowest BCUT2D eigenvalue weighted by Crippen LogP contribution is -2.31. The normalized spacial score (nSPS) is 29.8. The number of carbonyl (C=O) groups is 1. The van der Waals surface area contributed by atoms with Crippen molar-refractivity contribution in [2.75, 3.05) is 6.54 Å². The number of benzene rings is 1. The number of nitrogens with one attached hydrogen (secondary N) is 1. The molecule has 0 spiro atoms. The van der Waals surface area contributed by atoms with Crippen LogP contribution in [0.1, 0.15) is 24.8 Å². The largest absolute Gasteiger partial charge is 0.356 e. The third kappa shape index (κ3) is 2.51. The Hall–Kier alpha value is -1.31. The highest BCUT2D eigenvalue weighted by Crippen LogP contribution is 2.54. The van der Waals surface area contributed by atoms with Gasteiger partial charge in [-0.3, -0.25) is 4.79 Å². The molecule has 3 rings (SSSR count). The second-order valence-electron chi connectivity index (χ2n) is 5.45. The van der Waals surface area contributed by atoms with E-state index in [0.29, 0.717) is 5.92 Å². The van der Waals surface area contributed by atoms with Gasteiger partial charge in [0.1, 0.15) is 0 Å². The van der Waals surface area contributed by atoms with Crippen LogP contribution in [0.5, 0.6) is 0 Å². The van der Waals surface area contributed by atoms with Gasteiger partial charge in [-0.2, -0.15) is 0 Å². The Morgan fingerprint density at radius 1 is 1.12 bits per heavy atom. The van der Waals surface area contributed by atoms with Crippen LogP contribution >= 0.6 is 0 Å². The monoisotopic (exact) mass is 229 g/mol. The van der Waals surface area contributed by atoms with Gasteiger partial charge in [-0.15, -0.1) is 0 Å². The first-order valence-electron chi connectivity index (χ1n) is 6.64. The van der Waals surface area contributed by atoms with Crippen molar-refractivity contribution in [3.8, 4) is 0 Å². The van der Waals surface area contributed by atoms with Crippen molar-refractivity contribution in [3.05, 3.63) is 35.9 Å². The summed E-state index contributed by atoms with van der Waals surface area (Å²) in [6, 6.07) is 10.3. The highest BCUT2D eigenvalue weighted by molar-refractivity contribution is 5.79. The molecule has 2 unspecified atom stereocenters. The zero-order valence-corrected chi connectivity index (χ0v) is 10.1. The maximum atomic E-state index is 11.9. The van der Waals surface area contributed by atoms with E-state index in [2.05, 4.69) is 17.4 Å². The van der Waals surface area contributed by atoms with Crippen LogP contribution in [-0.4, -0.2) is 12.5 Å². The van der Waals surface area contributed by atoms with Crippen LogP contribution in [0, 0.1) is 17.8 Å². The molecular weight excluding hydrogens is 210 g/mol. The van der Waals surface area contributed by atoms with Gasteiger partial charge in [-0.1, -0.05) is 30.3 Å². The topological polar surface area (TPSA) is 29.1 Å². The Bertz CT molecular complexity index is 391. The number of carbonyl (C=O) groups excluding carboxylic acids is 1. The average Bonchev–Trinajstić information content (AvgIpc) is 2.97. The molecule has 1 N–H and O–H groups in total. The van der Waals surface area contributed by atoms with Crippen LogP contribution in [0.4, 0.5) is 0 Å². The van der Waals surface area contributed by atoms with Crippen molar-refractivity contribution in [3.63, 3.8) is 0 Å². The molecule has 1 amide bonds. The molecule has 2 aliphatic rings. The molecular formula is C15H19NO. The van der Waals surface area contributed by atoms with Crippen molar-refractivity contribution in [1.29, 1.82) is 0 Å². The van der Waals surface area contributed by atoms with E-state index in [1.54, 1.807) is 0 Å². The zero-order chi connectivity index (χ0) is 11.7. The Morgan fingerprint density at radius 3 is 2.53 bits per heavy atom. The number of hydrogen-bond donors (Lipinski definition) is 1. The van der Waals surface area contributed by atoms with Crippen LogP contribution in [0.15, 0.2) is 30.3 Å². The molecule has 0 heterocycles. The van der Waals surface area contributed by atoms with Crippen LogP contribution in [0.3, 0.4) is 0 Å². The van der Waals surface area contributed by atoms with E-state index < -0.39 is 0 Å². The van der Waals surface area contributed by atoms with Gasteiger partial charge in [-0.05, 0) is 43.1 Å². The minimum absolute atomic E-state index is 0.285. The Morgan fingerprint density at radius 2 is 1.82 bits per heavy atom. The van der Waals surface area contributed by atoms with Crippen molar-refractivity contribution in [2.45, 2.75) is 25.7 Å². The predicted molar refractivity (Wildman–Crippen MR) is 67.5 cm³/mol. The smallest absolute Gasteiger partial charge is 0.223 e. The van der Waals surface area contributed by atoms with Gasteiger partial charge in [0.15, 0.2) is 0 Å².